The van der Waals surface area contributed by atoms with E-state index in [1.165, 1.54) is 4.90 Å². The van der Waals surface area contributed by atoms with Gasteiger partial charge in [-0.05, 0) is 51.4 Å². The highest BCUT2D eigenvalue weighted by Crippen LogP contribution is 2.45. The van der Waals surface area contributed by atoms with Gasteiger partial charge in [-0.3, -0.25) is 23.9 Å². The molecule has 4 fully saturated rings. The summed E-state index contributed by atoms with van der Waals surface area (Å²) in [5, 5.41) is 2.85. The number of rotatable bonds is 9. The molecule has 0 bridgehead atoms. The number of amides is 4. The van der Waals surface area contributed by atoms with Crippen LogP contribution in [0.15, 0.2) is 12.7 Å². The van der Waals surface area contributed by atoms with Crippen molar-refractivity contribution in [2.24, 2.45) is 5.92 Å². The van der Waals surface area contributed by atoms with E-state index in [4.69, 9.17) is 0 Å². The second-order valence-corrected chi connectivity index (χ2v) is 11.1. The van der Waals surface area contributed by atoms with Gasteiger partial charge in [-0.2, -0.15) is 0 Å². The van der Waals surface area contributed by atoms with Crippen molar-refractivity contribution in [2.75, 3.05) is 19.6 Å². The average Bonchev–Trinajstić information content (AvgIpc) is 3.74. The highest BCUT2D eigenvalue weighted by atomic mass is 32.2. The van der Waals surface area contributed by atoms with Gasteiger partial charge in [0.05, 0.1) is 5.25 Å². The summed E-state index contributed by atoms with van der Waals surface area (Å²) in [5.74, 6) is -1.27. The van der Waals surface area contributed by atoms with Crippen molar-refractivity contribution in [2.45, 2.75) is 81.0 Å². The van der Waals surface area contributed by atoms with Crippen LogP contribution in [0.1, 0.15) is 64.2 Å². The Morgan fingerprint density at radius 3 is 2.30 bits per heavy atom. The van der Waals surface area contributed by atoms with E-state index in [1.54, 1.807) is 6.08 Å². The summed E-state index contributed by atoms with van der Waals surface area (Å²) >= 11 is 0. The van der Waals surface area contributed by atoms with Gasteiger partial charge in [0, 0.05) is 38.4 Å². The molecule has 10 heteroatoms. The van der Waals surface area contributed by atoms with E-state index >= 15 is 0 Å². The van der Waals surface area contributed by atoms with Crippen LogP contribution in [0.2, 0.25) is 0 Å². The van der Waals surface area contributed by atoms with E-state index in [1.807, 2.05) is 4.90 Å². The molecule has 4 unspecified atom stereocenters. The van der Waals surface area contributed by atoms with Gasteiger partial charge >= 0.3 is 0 Å². The van der Waals surface area contributed by atoms with Gasteiger partial charge in [0.25, 0.3) is 5.91 Å². The summed E-state index contributed by atoms with van der Waals surface area (Å²) in [6.07, 6.45) is 8.28. The van der Waals surface area contributed by atoms with Crippen molar-refractivity contribution < 1.29 is 23.4 Å². The molecule has 33 heavy (non-hydrogen) atoms. The molecule has 2 heterocycles. The van der Waals surface area contributed by atoms with Crippen LogP contribution in [-0.4, -0.2) is 74.1 Å². The number of hydrogen-bond acceptors (Lipinski definition) is 5. The zero-order valence-electron chi connectivity index (χ0n) is 19.1. The van der Waals surface area contributed by atoms with Crippen LogP contribution in [0.5, 0.6) is 0 Å². The largest absolute Gasteiger partial charge is 0.343 e. The molecule has 2 saturated carbocycles. The molecule has 2 N–H and O–H groups in total. The molecule has 4 amide bonds. The number of carbonyl (C=O) groups excluding carboxylic acids is 4. The van der Waals surface area contributed by atoms with E-state index in [0.29, 0.717) is 25.8 Å². The lowest BCUT2D eigenvalue weighted by molar-refractivity contribution is -0.141. The molecule has 2 saturated heterocycles. The lowest BCUT2D eigenvalue weighted by Gasteiger charge is -2.28. The molecule has 0 aromatic rings. The van der Waals surface area contributed by atoms with Crippen LogP contribution in [0.25, 0.3) is 0 Å². The third kappa shape index (κ3) is 5.31. The smallest absolute Gasteiger partial charge is 0.258 e. The zero-order chi connectivity index (χ0) is 23.6. The highest BCUT2D eigenvalue weighted by molar-refractivity contribution is 7.84. The molecular weight excluding hydrogens is 444 g/mol. The third-order valence-corrected chi connectivity index (χ3v) is 8.67. The van der Waals surface area contributed by atoms with Gasteiger partial charge in [-0.15, -0.1) is 6.58 Å². The summed E-state index contributed by atoms with van der Waals surface area (Å²) < 4.78 is 14.7. The van der Waals surface area contributed by atoms with E-state index in [2.05, 4.69) is 16.6 Å². The number of nitrogens with one attached hydrogen (secondary N) is 2. The predicted octanol–water partition coefficient (Wildman–Crippen LogP) is 0.773. The molecule has 4 atom stereocenters. The molecule has 0 aromatic heterocycles. The van der Waals surface area contributed by atoms with Crippen molar-refractivity contribution in [1.29, 1.82) is 0 Å². The van der Waals surface area contributed by atoms with Crippen molar-refractivity contribution in [3.63, 3.8) is 0 Å². The first-order valence-corrected chi connectivity index (χ1v) is 13.3. The van der Waals surface area contributed by atoms with Crippen LogP contribution in [-0.2, 0) is 30.2 Å². The number of piperidine rings is 1. The van der Waals surface area contributed by atoms with Crippen molar-refractivity contribution in [1.82, 2.24) is 19.8 Å². The summed E-state index contributed by atoms with van der Waals surface area (Å²) in [7, 11) is -1.44. The van der Waals surface area contributed by atoms with Crippen molar-refractivity contribution in [3.05, 3.63) is 12.7 Å². The molecule has 9 nitrogen and oxygen atoms in total. The first-order chi connectivity index (χ1) is 15.9. The van der Waals surface area contributed by atoms with E-state index in [9.17, 15) is 23.4 Å². The minimum Gasteiger partial charge on any atom is -0.343 e. The second kappa shape index (κ2) is 9.95. The normalized spacial score (nSPS) is 29.8. The van der Waals surface area contributed by atoms with Gasteiger partial charge in [-0.25, -0.2) is 4.21 Å². The van der Waals surface area contributed by atoms with Crippen LogP contribution in [0.3, 0.4) is 0 Å². The Labute approximate surface area is 197 Å². The SMILES string of the molecule is C=CC1CC1(NC(=O)C1CCCN1C(=O)CCC(=O)N1CCCCC1)C(=O)NS(=O)C1CC1. The maximum absolute atomic E-state index is 13.1. The Hall–Kier alpha value is -2.23. The lowest BCUT2D eigenvalue weighted by atomic mass is 10.1. The lowest BCUT2D eigenvalue weighted by Crippen LogP contribution is -2.56. The summed E-state index contributed by atoms with van der Waals surface area (Å²) in [5.41, 5.74) is -1.15. The van der Waals surface area contributed by atoms with Gasteiger partial charge < -0.3 is 15.1 Å². The third-order valence-electron chi connectivity index (χ3n) is 7.21. The molecule has 0 radical (unpaired) electrons. The minimum absolute atomic E-state index is 0.00164. The Morgan fingerprint density at radius 1 is 0.970 bits per heavy atom. The Morgan fingerprint density at radius 2 is 1.67 bits per heavy atom. The molecule has 182 valence electrons. The Kier molecular flexibility index (Phi) is 7.21. The second-order valence-electron chi connectivity index (χ2n) is 9.62. The maximum Gasteiger partial charge on any atom is 0.258 e. The fourth-order valence-electron chi connectivity index (χ4n) is 4.88. The molecular formula is C23H34N4O5S. The van der Waals surface area contributed by atoms with E-state index < -0.39 is 28.5 Å². The first kappa shape index (κ1) is 23.9. The molecule has 2 aliphatic carbocycles. The number of hydrogen-bond donors (Lipinski definition) is 2. The Bertz CT molecular complexity index is 854. The van der Waals surface area contributed by atoms with Crippen LogP contribution >= 0.6 is 0 Å². The maximum atomic E-state index is 13.1. The van der Waals surface area contributed by atoms with Gasteiger partial charge in [0.1, 0.15) is 22.6 Å². The first-order valence-electron chi connectivity index (χ1n) is 12.1. The fourth-order valence-corrected chi connectivity index (χ4v) is 5.98. The number of carbonyl (C=O) groups is 4. The molecule has 0 aromatic carbocycles. The Balaban J connectivity index is 1.32. The van der Waals surface area contributed by atoms with Crippen molar-refractivity contribution in [3.8, 4) is 0 Å². The van der Waals surface area contributed by atoms with Crippen LogP contribution in [0.4, 0.5) is 0 Å². The summed E-state index contributed by atoms with van der Waals surface area (Å²) in [6.45, 7) is 5.71. The van der Waals surface area contributed by atoms with Crippen LogP contribution in [0, 0.1) is 5.92 Å². The molecule has 4 aliphatic rings. The molecule has 4 rings (SSSR count). The standard InChI is InChI=1S/C23H34N4O5S/c1-2-16-15-23(16,22(31)25-33(32)17-8-9-17)24-21(30)18-7-6-14-27(18)20(29)11-10-19(28)26-12-4-3-5-13-26/h2,16-18H,1,3-15H2,(H,24,30)(H,25,31). The number of likely N-dealkylation sites (tertiary alicyclic amines) is 2. The van der Waals surface area contributed by atoms with Gasteiger partial charge in [0.15, 0.2) is 0 Å². The van der Waals surface area contributed by atoms with Crippen LogP contribution < -0.4 is 10.0 Å². The summed E-state index contributed by atoms with van der Waals surface area (Å²) in [4.78, 5) is 54.6. The monoisotopic (exact) mass is 478 g/mol. The molecule has 2 aliphatic heterocycles. The highest BCUT2D eigenvalue weighted by Gasteiger charge is 2.61. The zero-order valence-corrected chi connectivity index (χ0v) is 19.9. The van der Waals surface area contributed by atoms with Crippen molar-refractivity contribution >= 4 is 34.6 Å². The minimum atomic E-state index is -1.44. The topological polar surface area (TPSA) is 116 Å². The van der Waals surface area contributed by atoms with E-state index in [0.717, 1.165) is 45.2 Å². The molecule has 0 spiro atoms. The predicted molar refractivity (Wildman–Crippen MR) is 123 cm³/mol. The fraction of sp³-hybridized carbons (Fsp3) is 0.739. The summed E-state index contributed by atoms with van der Waals surface area (Å²) in [6, 6.07) is -0.660. The van der Waals surface area contributed by atoms with E-state index in [-0.39, 0.29) is 41.7 Å². The van der Waals surface area contributed by atoms with Gasteiger partial charge in [-0.1, -0.05) is 6.08 Å². The van der Waals surface area contributed by atoms with Gasteiger partial charge in [0.2, 0.25) is 17.7 Å². The quantitative estimate of drug-likeness (QED) is 0.475. The number of nitrogens with zero attached hydrogens (tertiary/aromatic N) is 2. The average molecular weight is 479 g/mol.